The molecule has 0 aromatic heterocycles. The number of amides is 1. The Balaban J connectivity index is 1.36. The molecule has 0 saturated carbocycles. The summed E-state index contributed by atoms with van der Waals surface area (Å²) < 4.78 is 11.8. The van der Waals surface area contributed by atoms with Crippen LogP contribution in [0.2, 0.25) is 0 Å². The standard InChI is InChI=1S/C26H27N5O3S/c1-2-33-22-16-19(11-12-21(22)34-17-18-9-5-3-6-10-18)15-20-23(27)31-25(28-24(20)32)35-26(29-31)30-13-7-4-8-14-30/h3,5-6,9-12,15-16,27H,2,4,7-8,13-14,17H2,1H3/b20-15-,27-23?. The van der Waals surface area contributed by atoms with Crippen molar-refractivity contribution in [3.63, 3.8) is 0 Å². The summed E-state index contributed by atoms with van der Waals surface area (Å²) in [6, 6.07) is 15.4. The minimum atomic E-state index is -0.439. The van der Waals surface area contributed by atoms with E-state index in [1.807, 2.05) is 55.5 Å². The minimum Gasteiger partial charge on any atom is -0.490 e. The number of fused-ring (bicyclic) bond motifs is 1. The van der Waals surface area contributed by atoms with Gasteiger partial charge in [0.1, 0.15) is 6.61 Å². The van der Waals surface area contributed by atoms with Crippen molar-refractivity contribution in [2.24, 2.45) is 10.1 Å². The van der Waals surface area contributed by atoms with Gasteiger partial charge in [0.15, 0.2) is 22.5 Å². The maximum atomic E-state index is 12.8. The molecule has 8 nitrogen and oxygen atoms in total. The summed E-state index contributed by atoms with van der Waals surface area (Å²) >= 11 is 1.36. The number of ether oxygens (including phenoxy) is 2. The minimum absolute atomic E-state index is 0.0295. The summed E-state index contributed by atoms with van der Waals surface area (Å²) in [5, 5.41) is 16.0. The third-order valence-electron chi connectivity index (χ3n) is 5.89. The molecule has 1 N–H and O–H groups in total. The van der Waals surface area contributed by atoms with E-state index in [1.165, 1.54) is 23.2 Å². The van der Waals surface area contributed by atoms with Crippen LogP contribution in [-0.2, 0) is 11.4 Å². The number of hydrogen-bond acceptors (Lipinski definition) is 7. The number of hydrogen-bond donors (Lipinski definition) is 1. The first-order valence-corrected chi connectivity index (χ1v) is 12.6. The Morgan fingerprint density at radius 1 is 1.03 bits per heavy atom. The lowest BCUT2D eigenvalue weighted by molar-refractivity contribution is -0.114. The fourth-order valence-corrected chi connectivity index (χ4v) is 5.04. The van der Waals surface area contributed by atoms with Crippen LogP contribution in [0.15, 0.2) is 64.2 Å². The fraction of sp³-hybridized carbons (Fsp3) is 0.308. The zero-order valence-corrected chi connectivity index (χ0v) is 20.4. The highest BCUT2D eigenvalue weighted by Crippen LogP contribution is 2.33. The maximum absolute atomic E-state index is 12.8. The molecule has 2 aromatic carbocycles. The number of benzene rings is 2. The lowest BCUT2D eigenvalue weighted by Gasteiger charge is -2.26. The van der Waals surface area contributed by atoms with Gasteiger partial charge in [-0.1, -0.05) is 36.4 Å². The molecule has 2 aromatic rings. The van der Waals surface area contributed by atoms with Crippen LogP contribution >= 0.6 is 11.8 Å². The number of amidine groups is 3. The van der Waals surface area contributed by atoms with E-state index in [9.17, 15) is 4.79 Å². The molecule has 1 fully saturated rings. The van der Waals surface area contributed by atoms with Gasteiger partial charge in [0.25, 0.3) is 5.91 Å². The Morgan fingerprint density at radius 2 is 1.83 bits per heavy atom. The molecule has 0 radical (unpaired) electrons. The third-order valence-corrected chi connectivity index (χ3v) is 6.86. The van der Waals surface area contributed by atoms with Crippen molar-refractivity contribution in [2.45, 2.75) is 32.8 Å². The molecule has 3 aliphatic rings. The van der Waals surface area contributed by atoms with Crippen molar-refractivity contribution in [2.75, 3.05) is 19.7 Å². The molecule has 9 heteroatoms. The van der Waals surface area contributed by atoms with Gasteiger partial charge in [0.2, 0.25) is 5.17 Å². The van der Waals surface area contributed by atoms with Gasteiger partial charge in [0, 0.05) is 13.1 Å². The van der Waals surface area contributed by atoms with E-state index < -0.39 is 5.91 Å². The predicted molar refractivity (Wildman–Crippen MR) is 139 cm³/mol. The van der Waals surface area contributed by atoms with Crippen LogP contribution in [0.1, 0.15) is 37.3 Å². The van der Waals surface area contributed by atoms with Crippen LogP contribution in [0.5, 0.6) is 11.5 Å². The Morgan fingerprint density at radius 3 is 2.60 bits per heavy atom. The van der Waals surface area contributed by atoms with E-state index >= 15 is 0 Å². The van der Waals surface area contributed by atoms with Crippen molar-refractivity contribution in [1.29, 1.82) is 5.41 Å². The number of likely N-dealkylation sites (tertiary alicyclic amines) is 1. The molecule has 35 heavy (non-hydrogen) atoms. The van der Waals surface area contributed by atoms with Gasteiger partial charge in [-0.05, 0) is 67.3 Å². The number of carbonyl (C=O) groups is 1. The van der Waals surface area contributed by atoms with E-state index in [0.29, 0.717) is 29.9 Å². The summed E-state index contributed by atoms with van der Waals surface area (Å²) in [5.74, 6) is 0.793. The zero-order chi connectivity index (χ0) is 24.2. The number of rotatable bonds is 6. The average molecular weight is 490 g/mol. The highest BCUT2D eigenvalue weighted by molar-refractivity contribution is 8.26. The van der Waals surface area contributed by atoms with E-state index in [0.717, 1.165) is 42.2 Å². The molecular formula is C26H27N5O3S. The molecular weight excluding hydrogens is 462 g/mol. The quantitative estimate of drug-likeness (QED) is 0.590. The summed E-state index contributed by atoms with van der Waals surface area (Å²) in [6.07, 6.45) is 5.13. The Kier molecular flexibility index (Phi) is 6.85. The molecule has 1 amide bonds. The van der Waals surface area contributed by atoms with Crippen LogP contribution in [0.3, 0.4) is 0 Å². The Labute approximate surface area is 208 Å². The molecule has 0 bridgehead atoms. The normalized spacial score (nSPS) is 18.9. The first-order valence-electron chi connectivity index (χ1n) is 11.8. The van der Waals surface area contributed by atoms with Crippen molar-refractivity contribution >= 4 is 39.9 Å². The predicted octanol–water partition coefficient (Wildman–Crippen LogP) is 4.73. The summed E-state index contributed by atoms with van der Waals surface area (Å²) in [5.41, 5.74) is 1.97. The van der Waals surface area contributed by atoms with Gasteiger partial charge in [-0.2, -0.15) is 10.0 Å². The molecule has 0 spiro atoms. The van der Waals surface area contributed by atoms with Crippen molar-refractivity contribution < 1.29 is 14.3 Å². The van der Waals surface area contributed by atoms with Gasteiger partial charge < -0.3 is 14.4 Å². The molecule has 0 aliphatic carbocycles. The van der Waals surface area contributed by atoms with Gasteiger partial charge in [-0.3, -0.25) is 10.2 Å². The molecule has 0 atom stereocenters. The maximum Gasteiger partial charge on any atom is 0.283 e. The smallest absolute Gasteiger partial charge is 0.283 e. The Hall–Kier alpha value is -3.59. The van der Waals surface area contributed by atoms with E-state index in [-0.39, 0.29) is 11.4 Å². The van der Waals surface area contributed by atoms with Crippen LogP contribution in [0.25, 0.3) is 6.08 Å². The van der Waals surface area contributed by atoms with E-state index in [1.54, 1.807) is 6.08 Å². The topological polar surface area (TPSA) is 90.6 Å². The second-order valence-corrected chi connectivity index (χ2v) is 9.30. The number of hydrazone groups is 1. The third kappa shape index (κ3) is 5.09. The van der Waals surface area contributed by atoms with Crippen LogP contribution < -0.4 is 9.47 Å². The summed E-state index contributed by atoms with van der Waals surface area (Å²) in [6.45, 7) is 4.69. The first-order chi connectivity index (χ1) is 17.1. The molecule has 3 aliphatic heterocycles. The monoisotopic (exact) mass is 489 g/mol. The lowest BCUT2D eigenvalue weighted by atomic mass is 10.1. The highest BCUT2D eigenvalue weighted by atomic mass is 32.2. The average Bonchev–Trinajstić information content (AvgIpc) is 3.32. The SMILES string of the molecule is CCOc1cc(/C=C2/C(=N)N3N=C(N4CCCCC4)SC3=NC2=O)ccc1OCc1ccccc1. The zero-order valence-electron chi connectivity index (χ0n) is 19.6. The van der Waals surface area contributed by atoms with Gasteiger partial charge in [0.05, 0.1) is 12.2 Å². The van der Waals surface area contributed by atoms with Gasteiger partial charge >= 0.3 is 0 Å². The molecule has 3 heterocycles. The van der Waals surface area contributed by atoms with Crippen LogP contribution in [0, 0.1) is 5.41 Å². The molecule has 5 rings (SSSR count). The van der Waals surface area contributed by atoms with Crippen molar-refractivity contribution in [3.05, 3.63) is 65.2 Å². The fourth-order valence-electron chi connectivity index (χ4n) is 4.10. The number of piperidine rings is 1. The summed E-state index contributed by atoms with van der Waals surface area (Å²) in [4.78, 5) is 19.2. The molecule has 0 unspecified atom stereocenters. The second kappa shape index (κ2) is 10.4. The van der Waals surface area contributed by atoms with Crippen LogP contribution in [0.4, 0.5) is 0 Å². The van der Waals surface area contributed by atoms with Gasteiger partial charge in [-0.15, -0.1) is 5.10 Å². The van der Waals surface area contributed by atoms with E-state index in [2.05, 4.69) is 15.0 Å². The van der Waals surface area contributed by atoms with Crippen molar-refractivity contribution in [1.82, 2.24) is 9.91 Å². The van der Waals surface area contributed by atoms with Crippen LogP contribution in [-0.4, -0.2) is 51.7 Å². The largest absolute Gasteiger partial charge is 0.490 e. The molecule has 180 valence electrons. The lowest BCUT2D eigenvalue weighted by Crippen LogP contribution is -2.35. The van der Waals surface area contributed by atoms with Crippen molar-refractivity contribution in [3.8, 4) is 11.5 Å². The van der Waals surface area contributed by atoms with Gasteiger partial charge in [-0.25, -0.2) is 0 Å². The Bertz CT molecular complexity index is 1220. The number of thioether (sulfide) groups is 1. The molecule has 1 saturated heterocycles. The number of nitrogens with zero attached hydrogens (tertiary/aromatic N) is 4. The first kappa shape index (κ1) is 23.2. The number of nitrogens with one attached hydrogen (secondary N) is 1. The number of carbonyl (C=O) groups excluding carboxylic acids is 1. The second-order valence-electron chi connectivity index (χ2n) is 8.36. The summed E-state index contributed by atoms with van der Waals surface area (Å²) in [7, 11) is 0. The highest BCUT2D eigenvalue weighted by Gasteiger charge is 2.37. The van der Waals surface area contributed by atoms with E-state index in [4.69, 9.17) is 14.9 Å². The number of aliphatic imine (C=N–C) groups is 1.